The third-order valence-corrected chi connectivity index (χ3v) is 5.99. The van der Waals surface area contributed by atoms with E-state index < -0.39 is 23.1 Å². The molecular weight excluding hydrogens is 448 g/mol. The number of aromatic nitrogens is 3. The zero-order valence-electron chi connectivity index (χ0n) is 17.8. The first kappa shape index (κ1) is 22.6. The van der Waals surface area contributed by atoms with E-state index in [4.69, 9.17) is 5.73 Å². The molecular formula is C23H21F2N5O2S. The average molecular weight is 470 g/mol. The van der Waals surface area contributed by atoms with Crippen molar-refractivity contribution in [1.29, 1.82) is 0 Å². The van der Waals surface area contributed by atoms with Gasteiger partial charge in [0.05, 0.1) is 29.0 Å². The van der Waals surface area contributed by atoms with Crippen LogP contribution >= 0.6 is 11.3 Å². The van der Waals surface area contributed by atoms with Gasteiger partial charge in [0.25, 0.3) is 5.91 Å². The highest BCUT2D eigenvalue weighted by Gasteiger charge is 2.24. The van der Waals surface area contributed by atoms with E-state index in [9.17, 15) is 18.7 Å². The zero-order chi connectivity index (χ0) is 23.8. The summed E-state index contributed by atoms with van der Waals surface area (Å²) in [7, 11) is 0. The Hall–Kier alpha value is -3.63. The molecule has 0 aliphatic heterocycles. The van der Waals surface area contributed by atoms with Crippen LogP contribution in [-0.2, 0) is 12.1 Å². The minimum atomic E-state index is -1.41. The molecule has 0 aliphatic rings. The van der Waals surface area contributed by atoms with E-state index >= 15 is 0 Å². The lowest BCUT2D eigenvalue weighted by atomic mass is 9.96. The van der Waals surface area contributed by atoms with Crippen LogP contribution in [0.3, 0.4) is 0 Å². The second kappa shape index (κ2) is 8.72. The van der Waals surface area contributed by atoms with Crippen LogP contribution in [0.15, 0.2) is 54.9 Å². The Balaban J connectivity index is 1.68. The molecule has 3 heterocycles. The van der Waals surface area contributed by atoms with Gasteiger partial charge in [-0.15, -0.1) is 11.3 Å². The number of rotatable bonds is 7. The Kier molecular flexibility index (Phi) is 5.96. The van der Waals surface area contributed by atoms with E-state index in [1.54, 1.807) is 29.1 Å². The summed E-state index contributed by atoms with van der Waals surface area (Å²) in [5.74, 6) is -2.01. The molecule has 4 rings (SSSR count). The minimum Gasteiger partial charge on any atom is -0.386 e. The van der Waals surface area contributed by atoms with Crippen molar-refractivity contribution in [3.05, 3.63) is 83.3 Å². The van der Waals surface area contributed by atoms with Crippen molar-refractivity contribution in [3.8, 4) is 10.4 Å². The fourth-order valence-corrected chi connectivity index (χ4v) is 4.38. The number of aliphatic hydroxyl groups is 1. The van der Waals surface area contributed by atoms with Crippen molar-refractivity contribution in [3.63, 3.8) is 0 Å². The summed E-state index contributed by atoms with van der Waals surface area (Å²) in [5, 5.41) is 17.6. The molecule has 0 atom stereocenters. The first-order chi connectivity index (χ1) is 15.6. The molecule has 0 saturated carbocycles. The van der Waals surface area contributed by atoms with E-state index in [0.717, 1.165) is 29.2 Å². The fourth-order valence-electron chi connectivity index (χ4n) is 3.27. The maximum atomic E-state index is 14.8. The van der Waals surface area contributed by atoms with Crippen molar-refractivity contribution in [2.75, 3.05) is 5.32 Å². The number of nitrogens with zero attached hydrogens (tertiary/aromatic N) is 3. The van der Waals surface area contributed by atoms with E-state index in [1.807, 2.05) is 12.3 Å². The Morgan fingerprint density at radius 1 is 1.21 bits per heavy atom. The minimum absolute atomic E-state index is 0.0830. The number of carbonyl (C=O) groups is 1. The van der Waals surface area contributed by atoms with Crippen molar-refractivity contribution < 1.29 is 18.7 Å². The van der Waals surface area contributed by atoms with Gasteiger partial charge in [-0.25, -0.2) is 13.8 Å². The molecule has 0 unspecified atom stereocenters. The number of pyridine rings is 1. The molecule has 1 aromatic carbocycles. The molecule has 7 nitrogen and oxygen atoms in total. The summed E-state index contributed by atoms with van der Waals surface area (Å²) >= 11 is 0.977. The molecule has 4 aromatic rings. The molecule has 1 amide bonds. The monoisotopic (exact) mass is 469 g/mol. The number of benzene rings is 1. The number of nitrogens with one attached hydrogen (secondary N) is 1. The van der Waals surface area contributed by atoms with Crippen molar-refractivity contribution in [2.24, 2.45) is 5.73 Å². The number of carbonyl (C=O) groups excluding carboxylic acids is 1. The van der Waals surface area contributed by atoms with E-state index in [-0.39, 0.29) is 21.6 Å². The van der Waals surface area contributed by atoms with Crippen molar-refractivity contribution in [2.45, 2.75) is 26.0 Å². The zero-order valence-corrected chi connectivity index (χ0v) is 18.7. The number of hydrogen-bond donors (Lipinski definition) is 3. The molecule has 0 aliphatic carbocycles. The predicted octanol–water partition coefficient (Wildman–Crippen LogP) is 4.40. The maximum absolute atomic E-state index is 14.8. The van der Waals surface area contributed by atoms with Crippen LogP contribution in [0.25, 0.3) is 10.4 Å². The van der Waals surface area contributed by atoms with Gasteiger partial charge in [-0.05, 0) is 55.8 Å². The van der Waals surface area contributed by atoms with Gasteiger partial charge in [-0.2, -0.15) is 5.10 Å². The highest BCUT2D eigenvalue weighted by Crippen LogP contribution is 2.40. The third-order valence-electron chi connectivity index (χ3n) is 4.92. The van der Waals surface area contributed by atoms with Crippen LogP contribution in [0.1, 0.15) is 35.5 Å². The molecule has 10 heteroatoms. The second-order valence-electron chi connectivity index (χ2n) is 7.93. The smallest absolute Gasteiger partial charge is 0.251 e. The van der Waals surface area contributed by atoms with Gasteiger partial charge in [0, 0.05) is 17.3 Å². The average Bonchev–Trinajstić information content (AvgIpc) is 3.37. The molecule has 0 bridgehead atoms. The van der Waals surface area contributed by atoms with Crippen molar-refractivity contribution >= 4 is 28.1 Å². The predicted molar refractivity (Wildman–Crippen MR) is 122 cm³/mol. The molecule has 3 aromatic heterocycles. The van der Waals surface area contributed by atoms with Gasteiger partial charge >= 0.3 is 0 Å². The van der Waals surface area contributed by atoms with Crippen molar-refractivity contribution in [1.82, 2.24) is 14.8 Å². The standard InChI is InChI=1S/C23H21F2N5O2S/c1-23(2,32)13-9-16(24)20(17(25)10-13)18-11-15(21(26)31)22(33-18)29-19-6-3-5-14(28-19)12-30-8-4-7-27-30/h3-11,32H,12H2,1-2H3,(H2,26,31)(H,28,29). The number of amides is 1. The number of anilines is 2. The number of nitrogens with two attached hydrogens (primary N) is 1. The Bertz CT molecular complexity index is 1290. The summed E-state index contributed by atoms with van der Waals surface area (Å²) in [5.41, 5.74) is 4.71. The van der Waals surface area contributed by atoms with Crippen LogP contribution in [0.4, 0.5) is 19.6 Å². The van der Waals surface area contributed by atoms with Gasteiger partial charge < -0.3 is 16.2 Å². The second-order valence-corrected chi connectivity index (χ2v) is 8.99. The van der Waals surface area contributed by atoms with Gasteiger partial charge in [-0.1, -0.05) is 6.07 Å². The summed E-state index contributed by atoms with van der Waals surface area (Å²) in [4.78, 5) is 16.7. The molecule has 170 valence electrons. The Morgan fingerprint density at radius 2 is 1.94 bits per heavy atom. The van der Waals surface area contributed by atoms with Crippen LogP contribution < -0.4 is 11.1 Å². The molecule has 33 heavy (non-hydrogen) atoms. The first-order valence-electron chi connectivity index (χ1n) is 9.98. The van der Waals surface area contributed by atoms with Crippen LogP contribution in [-0.4, -0.2) is 25.8 Å². The highest BCUT2D eigenvalue weighted by molar-refractivity contribution is 7.20. The molecule has 0 spiro atoms. The maximum Gasteiger partial charge on any atom is 0.251 e. The SMILES string of the molecule is CC(C)(O)c1cc(F)c(-c2cc(C(N)=O)c(Nc3cccc(Cn4cccn4)n3)s2)c(F)c1. The number of halogens is 2. The van der Waals surface area contributed by atoms with Gasteiger partial charge in [0.15, 0.2) is 0 Å². The van der Waals surface area contributed by atoms with E-state index in [0.29, 0.717) is 17.4 Å². The molecule has 0 fully saturated rings. The lowest BCUT2D eigenvalue weighted by Crippen LogP contribution is -2.16. The van der Waals surface area contributed by atoms with Crippen LogP contribution in [0.2, 0.25) is 0 Å². The molecule has 0 radical (unpaired) electrons. The van der Waals surface area contributed by atoms with E-state index in [2.05, 4.69) is 15.4 Å². The topological polar surface area (TPSA) is 106 Å². The summed E-state index contributed by atoms with van der Waals surface area (Å²) < 4.78 is 31.4. The lowest BCUT2D eigenvalue weighted by Gasteiger charge is -2.18. The Labute approximate surface area is 192 Å². The molecule has 0 saturated heterocycles. The summed E-state index contributed by atoms with van der Waals surface area (Å²) in [6.07, 6.45) is 3.48. The van der Waals surface area contributed by atoms with Crippen LogP contribution in [0, 0.1) is 11.6 Å². The van der Waals surface area contributed by atoms with Crippen LogP contribution in [0.5, 0.6) is 0 Å². The van der Waals surface area contributed by atoms with Gasteiger partial charge in [0.1, 0.15) is 22.5 Å². The summed E-state index contributed by atoms with van der Waals surface area (Å²) in [6.45, 7) is 3.32. The van der Waals surface area contributed by atoms with E-state index in [1.165, 1.54) is 19.9 Å². The highest BCUT2D eigenvalue weighted by atomic mass is 32.1. The Morgan fingerprint density at radius 3 is 2.55 bits per heavy atom. The van der Waals surface area contributed by atoms with Gasteiger partial charge in [-0.3, -0.25) is 9.48 Å². The third kappa shape index (κ3) is 4.91. The quantitative estimate of drug-likeness (QED) is 0.372. The van der Waals surface area contributed by atoms with Gasteiger partial charge in [0.2, 0.25) is 0 Å². The number of thiophene rings is 1. The normalized spacial score (nSPS) is 11.5. The lowest BCUT2D eigenvalue weighted by molar-refractivity contribution is 0.0778. The largest absolute Gasteiger partial charge is 0.386 e. The first-order valence-corrected chi connectivity index (χ1v) is 10.8. The fraction of sp³-hybridized carbons (Fsp3) is 0.174. The number of hydrogen-bond acceptors (Lipinski definition) is 6. The number of primary amides is 1. The summed E-state index contributed by atoms with van der Waals surface area (Å²) in [6, 6.07) is 10.6. The molecule has 4 N–H and O–H groups in total.